The van der Waals surface area contributed by atoms with Crippen LogP contribution in [0.25, 0.3) is 0 Å². The summed E-state index contributed by atoms with van der Waals surface area (Å²) >= 11 is 0. The maximum Gasteiger partial charge on any atom is 0.100 e. The lowest BCUT2D eigenvalue weighted by Gasteiger charge is -1.96. The summed E-state index contributed by atoms with van der Waals surface area (Å²) in [6.45, 7) is -8.75. The fourth-order valence-corrected chi connectivity index (χ4v) is 0.693. The zero-order valence-corrected chi connectivity index (χ0v) is 40.0. The number of hydrogen-bond acceptors (Lipinski definition) is 36. The topological polar surface area (TPSA) is 728 Å². The van der Waals surface area contributed by atoms with Crippen molar-refractivity contribution in [2.45, 2.75) is 73.2 Å². The Kier molecular flexibility index (Phi) is 132. The third-order valence-corrected chi connectivity index (χ3v) is 5.06. The van der Waals surface area contributed by atoms with Gasteiger partial charge in [-0.1, -0.05) is 0 Å². The molecule has 0 amide bonds. The maximum atomic E-state index is 8.17. The zero-order valence-electron chi connectivity index (χ0n) is 40.0. The maximum absolute atomic E-state index is 8.17. The van der Waals surface area contributed by atoms with E-state index in [0.29, 0.717) is 0 Å². The highest BCUT2D eigenvalue weighted by atomic mass is 16.4. The van der Waals surface area contributed by atoms with Gasteiger partial charge < -0.3 is 184 Å². The predicted molar refractivity (Wildman–Crippen MR) is 242 cm³/mol. The molecule has 0 aliphatic heterocycles. The van der Waals surface area contributed by atoms with Crippen LogP contribution in [0.2, 0.25) is 0 Å². The van der Waals surface area contributed by atoms with E-state index in [4.69, 9.17) is 184 Å². The lowest BCUT2D eigenvalue weighted by molar-refractivity contribution is 0.0450. The molecule has 0 heterocycles. The van der Waals surface area contributed by atoms with Gasteiger partial charge in [-0.15, -0.1) is 0 Å². The highest BCUT2D eigenvalue weighted by molar-refractivity contribution is 4.48. The second kappa shape index (κ2) is 95.3. The van der Waals surface area contributed by atoms with Crippen molar-refractivity contribution >= 4 is 0 Å². The highest BCUT2D eigenvalue weighted by Gasteiger charge is 1.99. The second-order valence-electron chi connectivity index (χ2n) is 12.2. The van der Waals surface area contributed by atoms with Crippen molar-refractivity contribution in [1.29, 1.82) is 0 Å². The van der Waals surface area contributed by atoms with E-state index in [1.165, 1.54) is 0 Å². The van der Waals surface area contributed by atoms with Gasteiger partial charge in [0.15, 0.2) is 0 Å². The largest absolute Gasteiger partial charge is 0.394 e. The van der Waals surface area contributed by atoms with Crippen LogP contribution in [0.4, 0.5) is 0 Å². The molecule has 36 heteroatoms. The molecule has 0 spiro atoms. The first-order chi connectivity index (χ1) is 33.7. The van der Waals surface area contributed by atoms with E-state index >= 15 is 0 Å². The summed E-state index contributed by atoms with van der Waals surface area (Å²) in [5, 5.41) is 288. The molecule has 456 valence electrons. The number of rotatable bonds is 24. The molecular formula is C36H96O36. The Hall–Kier alpha value is -1.44. The number of hydrogen-bond donors (Lipinski definition) is 36. The van der Waals surface area contributed by atoms with Crippen LogP contribution in [0.3, 0.4) is 0 Å². The zero-order chi connectivity index (χ0) is 59.9. The molecule has 0 saturated heterocycles. The molecule has 0 bridgehead atoms. The summed E-state index contributed by atoms with van der Waals surface area (Å²) in [4.78, 5) is 0. The molecule has 0 aromatic heterocycles. The van der Waals surface area contributed by atoms with Crippen LogP contribution in [0.1, 0.15) is 0 Å². The average Bonchev–Trinajstić information content (AvgIpc) is 3.45. The van der Waals surface area contributed by atoms with Crippen LogP contribution in [0.15, 0.2) is 0 Å². The van der Waals surface area contributed by atoms with Crippen LogP contribution >= 0.6 is 0 Å². The van der Waals surface area contributed by atoms with Gasteiger partial charge in [-0.25, -0.2) is 0 Å². The van der Waals surface area contributed by atoms with Crippen LogP contribution in [0, 0.1) is 0 Å². The van der Waals surface area contributed by atoms with Crippen molar-refractivity contribution in [2.75, 3.05) is 159 Å². The first kappa shape index (κ1) is 99.6. The molecule has 0 saturated carbocycles. The Bertz CT molecular complexity index is 518. The summed E-state index contributed by atoms with van der Waals surface area (Å²) in [6, 6.07) is 0. The Morgan fingerprint density at radius 2 is 0.125 bits per heavy atom. The minimum absolute atomic E-state index is 0.365. The van der Waals surface area contributed by atoms with Crippen LogP contribution in [-0.2, 0) is 0 Å². The molecule has 0 radical (unpaired) electrons. The summed E-state index contributed by atoms with van der Waals surface area (Å²) in [6.07, 6.45) is -11.4. The monoisotopic (exact) mass is 1100 g/mol. The Morgan fingerprint density at radius 1 is 0.0972 bits per heavy atom. The van der Waals surface area contributed by atoms with Gasteiger partial charge in [-0.2, -0.15) is 0 Å². The van der Waals surface area contributed by atoms with Gasteiger partial charge in [0.25, 0.3) is 0 Å². The molecule has 72 heavy (non-hydrogen) atoms. The number of aliphatic hydroxyl groups is 36. The summed E-state index contributed by atoms with van der Waals surface area (Å²) in [5.41, 5.74) is 0. The smallest absolute Gasteiger partial charge is 0.100 e. The second-order valence-corrected chi connectivity index (χ2v) is 12.2. The van der Waals surface area contributed by atoms with Crippen molar-refractivity contribution in [1.82, 2.24) is 0 Å². The van der Waals surface area contributed by atoms with Crippen molar-refractivity contribution < 1.29 is 184 Å². The van der Waals surface area contributed by atoms with Gasteiger partial charge in [0.1, 0.15) is 73.2 Å². The molecule has 36 nitrogen and oxygen atoms in total. The third-order valence-electron chi connectivity index (χ3n) is 5.06. The molecule has 0 aliphatic carbocycles. The third kappa shape index (κ3) is 144. The van der Waals surface area contributed by atoms with E-state index in [9.17, 15) is 0 Å². The molecule has 0 unspecified atom stereocenters. The molecule has 0 rings (SSSR count). The van der Waals surface area contributed by atoms with E-state index in [0.717, 1.165) is 0 Å². The van der Waals surface area contributed by atoms with E-state index in [1.54, 1.807) is 0 Å². The van der Waals surface area contributed by atoms with Crippen molar-refractivity contribution in [2.24, 2.45) is 0 Å². The Morgan fingerprint density at radius 3 is 0.125 bits per heavy atom. The lowest BCUT2D eigenvalue weighted by Crippen LogP contribution is -2.15. The minimum Gasteiger partial charge on any atom is -0.394 e. The normalized spacial score (nSPS) is 10.0. The van der Waals surface area contributed by atoms with E-state index < -0.39 is 73.2 Å². The Balaban J connectivity index is -0.0000000545. The summed E-state index contributed by atoms with van der Waals surface area (Å²) in [7, 11) is 0. The van der Waals surface area contributed by atoms with Crippen LogP contribution < -0.4 is 0 Å². The first-order valence-electron chi connectivity index (χ1n) is 20.5. The summed E-state index contributed by atoms with van der Waals surface area (Å²) in [5.74, 6) is 0. The number of aliphatic hydroxyl groups excluding tert-OH is 36. The lowest BCUT2D eigenvalue weighted by atomic mass is 10.4. The molecule has 0 fully saturated rings. The molecule has 0 aromatic carbocycles. The van der Waals surface area contributed by atoms with Crippen molar-refractivity contribution in [3.05, 3.63) is 0 Å². The van der Waals surface area contributed by atoms with Crippen LogP contribution in [0.5, 0.6) is 0 Å². The van der Waals surface area contributed by atoms with Crippen LogP contribution in [-0.4, -0.2) is 416 Å². The van der Waals surface area contributed by atoms with Gasteiger partial charge in [-0.3, -0.25) is 0 Å². The van der Waals surface area contributed by atoms with Gasteiger partial charge in [0.05, 0.1) is 159 Å². The van der Waals surface area contributed by atoms with Crippen molar-refractivity contribution in [3.8, 4) is 0 Å². The summed E-state index contributed by atoms with van der Waals surface area (Å²) < 4.78 is 0. The van der Waals surface area contributed by atoms with Crippen molar-refractivity contribution in [3.63, 3.8) is 0 Å². The van der Waals surface area contributed by atoms with Gasteiger partial charge in [0.2, 0.25) is 0 Å². The van der Waals surface area contributed by atoms with Gasteiger partial charge in [-0.05, 0) is 0 Å². The average molecular weight is 1110 g/mol. The standard InChI is InChI=1S/12C3H8O3/c12*4-1-3(6)2-5/h12*3-6H,1-2H2. The highest BCUT2D eigenvalue weighted by Crippen LogP contribution is 1.77. The molecule has 36 N–H and O–H groups in total. The van der Waals surface area contributed by atoms with Gasteiger partial charge in [0, 0.05) is 0 Å². The SMILES string of the molecule is OCC(O)CO.OCC(O)CO.OCC(O)CO.OCC(O)CO.OCC(O)CO.OCC(O)CO.OCC(O)CO.OCC(O)CO.OCC(O)CO.OCC(O)CO.OCC(O)CO.OCC(O)CO. The quantitative estimate of drug-likeness (QED) is 0.0427. The first-order valence-corrected chi connectivity index (χ1v) is 20.5. The molecular weight excluding hydrogens is 1010 g/mol. The molecule has 0 aromatic rings. The molecule has 0 atom stereocenters. The fourth-order valence-electron chi connectivity index (χ4n) is 0.693. The van der Waals surface area contributed by atoms with E-state index in [1.807, 2.05) is 0 Å². The Labute approximate surface area is 415 Å². The molecule has 0 aliphatic rings. The van der Waals surface area contributed by atoms with E-state index in [2.05, 4.69) is 0 Å². The predicted octanol–water partition coefficient (Wildman–Crippen LogP) is -20.0. The minimum atomic E-state index is -0.954. The van der Waals surface area contributed by atoms with E-state index in [-0.39, 0.29) is 159 Å². The van der Waals surface area contributed by atoms with Gasteiger partial charge >= 0.3 is 0 Å². The fraction of sp³-hybridized carbons (Fsp3) is 1.00.